The first-order chi connectivity index (χ1) is 8.40. The molecule has 0 radical (unpaired) electrons. The topological polar surface area (TPSA) is 57.6 Å². The Hall–Kier alpha value is -1.36. The molecule has 1 aromatic carbocycles. The van der Waals surface area contributed by atoms with Gasteiger partial charge in [0.15, 0.2) is 0 Å². The van der Waals surface area contributed by atoms with Crippen molar-refractivity contribution in [2.45, 2.75) is 20.4 Å². The van der Waals surface area contributed by atoms with Crippen molar-refractivity contribution in [3.8, 4) is 0 Å². The molecule has 0 bridgehead atoms. The lowest BCUT2D eigenvalue weighted by Crippen LogP contribution is -2.37. The van der Waals surface area contributed by atoms with Crippen LogP contribution < -0.4 is 0 Å². The normalized spacial score (nSPS) is 10.4. The van der Waals surface area contributed by atoms with Crippen LogP contribution in [0.3, 0.4) is 0 Å². The number of rotatable bonds is 5. The number of hydrogen-bond acceptors (Lipinski definition) is 2. The standard InChI is InChI=1S/C13H16BrNO3/c1-9(2)13(18)15(8-12(16)17)7-10-4-3-5-11(14)6-10/h3-6,9H,7-8H2,1-2H3,(H,16,17). The van der Waals surface area contributed by atoms with Crippen LogP contribution in [-0.2, 0) is 16.1 Å². The highest BCUT2D eigenvalue weighted by Crippen LogP contribution is 2.14. The molecule has 0 unspecified atom stereocenters. The van der Waals surface area contributed by atoms with Crippen LogP contribution in [0.1, 0.15) is 19.4 Å². The minimum absolute atomic E-state index is 0.155. The lowest BCUT2D eigenvalue weighted by Gasteiger charge is -2.22. The summed E-state index contributed by atoms with van der Waals surface area (Å²) in [6.07, 6.45) is 0. The average molecular weight is 314 g/mol. The van der Waals surface area contributed by atoms with Crippen molar-refractivity contribution in [1.29, 1.82) is 0 Å². The van der Waals surface area contributed by atoms with E-state index in [4.69, 9.17) is 5.11 Å². The fourth-order valence-electron chi connectivity index (χ4n) is 1.60. The number of benzene rings is 1. The van der Waals surface area contributed by atoms with Gasteiger partial charge in [0.25, 0.3) is 0 Å². The Morgan fingerprint density at radius 1 is 1.39 bits per heavy atom. The van der Waals surface area contributed by atoms with Crippen molar-refractivity contribution in [2.75, 3.05) is 6.54 Å². The van der Waals surface area contributed by atoms with Crippen molar-refractivity contribution in [3.05, 3.63) is 34.3 Å². The molecule has 98 valence electrons. The summed E-state index contributed by atoms with van der Waals surface area (Å²) in [7, 11) is 0. The summed E-state index contributed by atoms with van der Waals surface area (Å²) in [5, 5.41) is 8.84. The molecule has 1 rings (SSSR count). The highest BCUT2D eigenvalue weighted by atomic mass is 79.9. The quantitative estimate of drug-likeness (QED) is 0.908. The maximum Gasteiger partial charge on any atom is 0.323 e. The fraction of sp³-hybridized carbons (Fsp3) is 0.385. The first kappa shape index (κ1) is 14.7. The number of carbonyl (C=O) groups excluding carboxylic acids is 1. The summed E-state index contributed by atoms with van der Waals surface area (Å²) in [5.41, 5.74) is 0.902. The maximum atomic E-state index is 11.9. The van der Waals surface area contributed by atoms with Gasteiger partial charge in [0.05, 0.1) is 0 Å². The van der Waals surface area contributed by atoms with Gasteiger partial charge in [0, 0.05) is 16.9 Å². The van der Waals surface area contributed by atoms with Crippen molar-refractivity contribution in [3.63, 3.8) is 0 Å². The zero-order chi connectivity index (χ0) is 13.7. The number of carboxylic acid groups (broad SMARTS) is 1. The molecule has 0 atom stereocenters. The molecule has 1 aromatic rings. The minimum atomic E-state index is -1.00. The van der Waals surface area contributed by atoms with E-state index in [1.807, 2.05) is 24.3 Å². The Balaban J connectivity index is 2.84. The Morgan fingerprint density at radius 2 is 2.06 bits per heavy atom. The van der Waals surface area contributed by atoms with Crippen LogP contribution >= 0.6 is 15.9 Å². The van der Waals surface area contributed by atoms with Gasteiger partial charge in [-0.2, -0.15) is 0 Å². The molecule has 0 saturated heterocycles. The predicted octanol–water partition coefficient (Wildman–Crippen LogP) is 2.52. The van der Waals surface area contributed by atoms with Gasteiger partial charge in [-0.05, 0) is 17.7 Å². The summed E-state index contributed by atoms with van der Waals surface area (Å²) in [6.45, 7) is 3.56. The summed E-state index contributed by atoms with van der Waals surface area (Å²) in [6, 6.07) is 7.49. The molecule has 0 aliphatic heterocycles. The molecule has 1 amide bonds. The smallest absolute Gasteiger partial charge is 0.323 e. The van der Waals surface area contributed by atoms with E-state index in [-0.39, 0.29) is 18.4 Å². The third-order valence-corrected chi connectivity index (χ3v) is 2.89. The molecule has 0 spiro atoms. The predicted molar refractivity (Wildman–Crippen MR) is 72.0 cm³/mol. The molecular formula is C13H16BrNO3. The van der Waals surface area contributed by atoms with Gasteiger partial charge in [-0.25, -0.2) is 0 Å². The van der Waals surface area contributed by atoms with Crippen LogP contribution in [0.5, 0.6) is 0 Å². The monoisotopic (exact) mass is 313 g/mol. The molecule has 5 heteroatoms. The van der Waals surface area contributed by atoms with E-state index < -0.39 is 5.97 Å². The Bertz CT molecular complexity index is 446. The second kappa shape index (κ2) is 6.54. The van der Waals surface area contributed by atoms with Crippen molar-refractivity contribution in [1.82, 2.24) is 4.90 Å². The second-order valence-corrected chi connectivity index (χ2v) is 5.29. The van der Waals surface area contributed by atoms with Gasteiger partial charge in [0.1, 0.15) is 6.54 Å². The Kier molecular flexibility index (Phi) is 5.34. The van der Waals surface area contributed by atoms with E-state index in [9.17, 15) is 9.59 Å². The van der Waals surface area contributed by atoms with Crippen LogP contribution in [0, 0.1) is 5.92 Å². The van der Waals surface area contributed by atoms with E-state index in [1.54, 1.807) is 13.8 Å². The second-order valence-electron chi connectivity index (χ2n) is 4.37. The zero-order valence-electron chi connectivity index (χ0n) is 10.4. The van der Waals surface area contributed by atoms with Crippen LogP contribution in [0.4, 0.5) is 0 Å². The third kappa shape index (κ3) is 4.49. The van der Waals surface area contributed by atoms with Gasteiger partial charge in [-0.1, -0.05) is 41.9 Å². The Morgan fingerprint density at radius 3 is 2.56 bits per heavy atom. The van der Waals surface area contributed by atoms with Crippen molar-refractivity contribution < 1.29 is 14.7 Å². The number of amides is 1. The van der Waals surface area contributed by atoms with Gasteiger partial charge in [-0.3, -0.25) is 9.59 Å². The van der Waals surface area contributed by atoms with Crippen molar-refractivity contribution >= 4 is 27.8 Å². The highest BCUT2D eigenvalue weighted by Gasteiger charge is 2.19. The van der Waals surface area contributed by atoms with Crippen LogP contribution in [-0.4, -0.2) is 28.4 Å². The van der Waals surface area contributed by atoms with E-state index in [0.29, 0.717) is 6.54 Å². The van der Waals surface area contributed by atoms with Gasteiger partial charge in [0.2, 0.25) is 5.91 Å². The van der Waals surface area contributed by atoms with E-state index in [2.05, 4.69) is 15.9 Å². The molecule has 1 N–H and O–H groups in total. The van der Waals surface area contributed by atoms with E-state index in [0.717, 1.165) is 10.0 Å². The maximum absolute atomic E-state index is 11.9. The number of hydrogen-bond donors (Lipinski definition) is 1. The molecule has 0 heterocycles. The lowest BCUT2D eigenvalue weighted by atomic mass is 10.1. The van der Waals surface area contributed by atoms with Gasteiger partial charge < -0.3 is 10.0 Å². The molecule has 18 heavy (non-hydrogen) atoms. The van der Waals surface area contributed by atoms with Crippen LogP contribution in [0.2, 0.25) is 0 Å². The first-order valence-corrected chi connectivity index (χ1v) is 6.44. The highest BCUT2D eigenvalue weighted by molar-refractivity contribution is 9.10. The minimum Gasteiger partial charge on any atom is -0.480 e. The summed E-state index contributed by atoms with van der Waals surface area (Å²) < 4.78 is 0.910. The average Bonchev–Trinajstić information content (AvgIpc) is 2.26. The molecule has 4 nitrogen and oxygen atoms in total. The molecular weight excluding hydrogens is 298 g/mol. The summed E-state index contributed by atoms with van der Waals surface area (Å²) in [5.74, 6) is -1.37. The van der Waals surface area contributed by atoms with E-state index in [1.165, 1.54) is 4.90 Å². The number of aliphatic carboxylic acids is 1. The largest absolute Gasteiger partial charge is 0.480 e. The lowest BCUT2D eigenvalue weighted by molar-refractivity contribution is -0.146. The third-order valence-electron chi connectivity index (χ3n) is 2.39. The zero-order valence-corrected chi connectivity index (χ0v) is 12.0. The van der Waals surface area contributed by atoms with Gasteiger partial charge >= 0.3 is 5.97 Å². The number of carboxylic acids is 1. The van der Waals surface area contributed by atoms with E-state index >= 15 is 0 Å². The molecule has 0 aliphatic rings. The molecule has 0 fully saturated rings. The van der Waals surface area contributed by atoms with Crippen LogP contribution in [0.15, 0.2) is 28.7 Å². The number of carbonyl (C=O) groups is 2. The van der Waals surface area contributed by atoms with Crippen molar-refractivity contribution in [2.24, 2.45) is 5.92 Å². The fourth-order valence-corrected chi connectivity index (χ4v) is 2.04. The molecule has 0 aromatic heterocycles. The number of halogens is 1. The molecule has 0 saturated carbocycles. The van der Waals surface area contributed by atoms with Crippen LogP contribution in [0.25, 0.3) is 0 Å². The Labute approximate surface area is 115 Å². The number of nitrogens with zero attached hydrogens (tertiary/aromatic N) is 1. The first-order valence-electron chi connectivity index (χ1n) is 5.65. The summed E-state index contributed by atoms with van der Waals surface area (Å²) >= 11 is 3.35. The summed E-state index contributed by atoms with van der Waals surface area (Å²) in [4.78, 5) is 24.1. The SMILES string of the molecule is CC(C)C(=O)N(CC(=O)O)Cc1cccc(Br)c1. The molecule has 0 aliphatic carbocycles. The van der Waals surface area contributed by atoms with Gasteiger partial charge in [-0.15, -0.1) is 0 Å².